The van der Waals surface area contributed by atoms with E-state index in [0.29, 0.717) is 26.2 Å². The highest BCUT2D eigenvalue weighted by atomic mass is 16.8. The van der Waals surface area contributed by atoms with Crippen molar-refractivity contribution in [2.75, 3.05) is 6.61 Å². The standard InChI is InChI=1S/C37H58O5/c1-4-5-6-7-8-9-10-11-12-13-14-15-22-27-33(38)35(40-29-32-25-20-17-21-26-32)36-34(41-37(2,3)42-36)30-39-28-31-23-18-16-19-24-31/h16-21,23-26,33-36,38H,4-15,22,27-30H2,1-3H3/t33?,34-,35-,36+/m1/s1. The highest BCUT2D eigenvalue weighted by molar-refractivity contribution is 5.14. The van der Waals surface area contributed by atoms with Crippen molar-refractivity contribution in [1.82, 2.24) is 0 Å². The molecule has 0 saturated carbocycles. The third-order valence-corrected chi connectivity index (χ3v) is 8.21. The molecule has 3 rings (SSSR count). The van der Waals surface area contributed by atoms with E-state index in [1.165, 1.54) is 70.6 Å². The summed E-state index contributed by atoms with van der Waals surface area (Å²) in [6.45, 7) is 7.41. The molecule has 1 fully saturated rings. The second-order valence-electron chi connectivity index (χ2n) is 12.5. The van der Waals surface area contributed by atoms with Crippen molar-refractivity contribution >= 4 is 0 Å². The molecular formula is C37H58O5. The second-order valence-corrected chi connectivity index (χ2v) is 12.5. The average molecular weight is 583 g/mol. The molecule has 1 N–H and O–H groups in total. The normalized spacial score (nSPS) is 19.6. The number of hydrogen-bond acceptors (Lipinski definition) is 5. The number of aliphatic hydroxyl groups is 1. The van der Waals surface area contributed by atoms with Crippen LogP contribution in [0, 0.1) is 0 Å². The number of aliphatic hydroxyl groups excluding tert-OH is 1. The van der Waals surface area contributed by atoms with Gasteiger partial charge in [0.2, 0.25) is 0 Å². The zero-order valence-electron chi connectivity index (χ0n) is 26.7. The largest absolute Gasteiger partial charge is 0.390 e. The van der Waals surface area contributed by atoms with Crippen molar-refractivity contribution in [3.8, 4) is 0 Å². The number of rotatable bonds is 23. The highest BCUT2D eigenvalue weighted by Gasteiger charge is 2.47. The Kier molecular flexibility index (Phi) is 16.7. The van der Waals surface area contributed by atoms with Crippen molar-refractivity contribution in [1.29, 1.82) is 0 Å². The third kappa shape index (κ3) is 13.7. The van der Waals surface area contributed by atoms with Crippen molar-refractivity contribution in [2.45, 2.75) is 154 Å². The van der Waals surface area contributed by atoms with Crippen LogP contribution < -0.4 is 0 Å². The van der Waals surface area contributed by atoms with Gasteiger partial charge in [-0.2, -0.15) is 0 Å². The molecule has 5 heteroatoms. The van der Waals surface area contributed by atoms with E-state index in [1.54, 1.807) is 0 Å². The van der Waals surface area contributed by atoms with Gasteiger partial charge in [-0.25, -0.2) is 0 Å². The second kappa shape index (κ2) is 20.2. The molecule has 1 heterocycles. The number of ether oxygens (including phenoxy) is 4. The Bertz CT molecular complexity index is 918. The van der Waals surface area contributed by atoms with Crippen LogP contribution in [0.4, 0.5) is 0 Å². The minimum atomic E-state index is -0.769. The first-order valence-corrected chi connectivity index (χ1v) is 16.8. The molecular weight excluding hydrogens is 524 g/mol. The van der Waals surface area contributed by atoms with Crippen LogP contribution in [-0.4, -0.2) is 41.9 Å². The molecule has 0 spiro atoms. The van der Waals surface area contributed by atoms with E-state index in [-0.39, 0.29) is 6.10 Å². The minimum absolute atomic E-state index is 0.328. The van der Waals surface area contributed by atoms with E-state index in [4.69, 9.17) is 18.9 Å². The molecule has 1 aliphatic heterocycles. The van der Waals surface area contributed by atoms with E-state index in [9.17, 15) is 5.11 Å². The molecule has 2 aromatic carbocycles. The molecule has 5 nitrogen and oxygen atoms in total. The summed E-state index contributed by atoms with van der Waals surface area (Å²) in [5.74, 6) is -0.769. The molecule has 1 saturated heterocycles. The molecule has 1 aliphatic rings. The van der Waals surface area contributed by atoms with Gasteiger partial charge in [0.05, 0.1) is 25.9 Å². The fraction of sp³-hybridized carbons (Fsp3) is 0.676. The van der Waals surface area contributed by atoms with Gasteiger partial charge in [-0.3, -0.25) is 0 Å². The maximum Gasteiger partial charge on any atom is 0.164 e. The highest BCUT2D eigenvalue weighted by Crippen LogP contribution is 2.33. The fourth-order valence-corrected chi connectivity index (χ4v) is 5.86. The lowest BCUT2D eigenvalue weighted by molar-refractivity contribution is -0.173. The van der Waals surface area contributed by atoms with Crippen LogP contribution in [0.2, 0.25) is 0 Å². The summed E-state index contributed by atoms with van der Waals surface area (Å²) in [4.78, 5) is 0. The van der Waals surface area contributed by atoms with Crippen LogP contribution in [0.5, 0.6) is 0 Å². The number of unbranched alkanes of at least 4 members (excludes halogenated alkanes) is 12. The summed E-state index contributed by atoms with van der Waals surface area (Å²) in [7, 11) is 0. The number of hydrogen-bond donors (Lipinski definition) is 1. The van der Waals surface area contributed by atoms with E-state index < -0.39 is 24.1 Å². The topological polar surface area (TPSA) is 57.2 Å². The molecule has 0 aliphatic carbocycles. The molecule has 236 valence electrons. The van der Waals surface area contributed by atoms with Gasteiger partial charge in [0, 0.05) is 0 Å². The first-order chi connectivity index (χ1) is 20.5. The van der Waals surface area contributed by atoms with Gasteiger partial charge in [-0.15, -0.1) is 0 Å². The van der Waals surface area contributed by atoms with Crippen molar-refractivity contribution < 1.29 is 24.1 Å². The van der Waals surface area contributed by atoms with E-state index in [2.05, 4.69) is 19.1 Å². The average Bonchev–Trinajstić information content (AvgIpc) is 3.30. The Morgan fingerprint density at radius 1 is 0.690 bits per heavy atom. The summed E-state index contributed by atoms with van der Waals surface area (Å²) in [5.41, 5.74) is 2.19. The van der Waals surface area contributed by atoms with Crippen LogP contribution in [0.25, 0.3) is 0 Å². The van der Waals surface area contributed by atoms with Gasteiger partial charge in [-0.05, 0) is 31.4 Å². The lowest BCUT2D eigenvalue weighted by Crippen LogP contribution is -2.46. The predicted molar refractivity (Wildman–Crippen MR) is 171 cm³/mol. The zero-order valence-corrected chi connectivity index (χ0v) is 26.7. The lowest BCUT2D eigenvalue weighted by Gasteiger charge is -2.31. The molecule has 4 atom stereocenters. The monoisotopic (exact) mass is 582 g/mol. The molecule has 42 heavy (non-hydrogen) atoms. The summed E-state index contributed by atoms with van der Waals surface area (Å²) < 4.78 is 25.1. The molecule has 0 aromatic heterocycles. The Labute approximate surface area is 256 Å². The Balaban J connectivity index is 1.45. The Hall–Kier alpha value is -1.76. The summed E-state index contributed by atoms with van der Waals surface area (Å²) in [6.07, 6.45) is 15.8. The van der Waals surface area contributed by atoms with Crippen molar-refractivity contribution in [3.63, 3.8) is 0 Å². The first-order valence-electron chi connectivity index (χ1n) is 16.8. The summed E-state index contributed by atoms with van der Waals surface area (Å²) in [5, 5.41) is 11.4. The van der Waals surface area contributed by atoms with E-state index in [0.717, 1.165) is 24.0 Å². The van der Waals surface area contributed by atoms with Crippen molar-refractivity contribution in [2.24, 2.45) is 0 Å². The van der Waals surface area contributed by atoms with E-state index >= 15 is 0 Å². The van der Waals surface area contributed by atoms with Crippen molar-refractivity contribution in [3.05, 3.63) is 71.8 Å². The van der Waals surface area contributed by atoms with Crippen LogP contribution in [0.1, 0.15) is 122 Å². The molecule has 0 radical (unpaired) electrons. The van der Waals surface area contributed by atoms with Gasteiger partial charge < -0.3 is 24.1 Å². The smallest absolute Gasteiger partial charge is 0.164 e. The SMILES string of the molecule is CCCCCCCCCCCCCCCC(O)[C@@H](OCc1ccccc1)[C@H]1OC(C)(C)O[C@@H]1COCc1ccccc1. The maximum atomic E-state index is 11.4. The van der Waals surface area contributed by atoms with Gasteiger partial charge in [-0.1, -0.05) is 151 Å². The van der Waals surface area contributed by atoms with Gasteiger partial charge in [0.25, 0.3) is 0 Å². The quantitative estimate of drug-likeness (QED) is 0.132. The van der Waals surface area contributed by atoms with E-state index in [1.807, 2.05) is 62.4 Å². The predicted octanol–water partition coefficient (Wildman–Crippen LogP) is 9.15. The van der Waals surface area contributed by atoms with Crippen LogP contribution >= 0.6 is 0 Å². The zero-order chi connectivity index (χ0) is 29.9. The third-order valence-electron chi connectivity index (χ3n) is 8.21. The van der Waals surface area contributed by atoms with Crippen LogP contribution in [0.3, 0.4) is 0 Å². The molecule has 0 amide bonds. The summed E-state index contributed by atoms with van der Waals surface area (Å²) >= 11 is 0. The van der Waals surface area contributed by atoms with Crippen LogP contribution in [0.15, 0.2) is 60.7 Å². The maximum absolute atomic E-state index is 11.4. The molecule has 0 bridgehead atoms. The lowest BCUT2D eigenvalue weighted by atomic mass is 9.97. The van der Waals surface area contributed by atoms with Gasteiger partial charge in [0.1, 0.15) is 18.3 Å². The van der Waals surface area contributed by atoms with Gasteiger partial charge in [0.15, 0.2) is 5.79 Å². The first kappa shape index (κ1) is 34.7. The number of benzene rings is 2. The summed E-state index contributed by atoms with van der Waals surface area (Å²) in [6, 6.07) is 20.3. The van der Waals surface area contributed by atoms with Crippen LogP contribution in [-0.2, 0) is 32.2 Å². The Morgan fingerprint density at radius 2 is 1.19 bits per heavy atom. The van der Waals surface area contributed by atoms with Gasteiger partial charge >= 0.3 is 0 Å². The molecule has 2 aromatic rings. The fourth-order valence-electron chi connectivity index (χ4n) is 5.86. The minimum Gasteiger partial charge on any atom is -0.390 e. The Morgan fingerprint density at radius 3 is 1.74 bits per heavy atom. The molecule has 1 unspecified atom stereocenters.